The first kappa shape index (κ1) is 19.9. The number of carbonyl (C=O) groups is 1. The van der Waals surface area contributed by atoms with Crippen LogP contribution in [0.15, 0.2) is 48.5 Å². The first-order valence-corrected chi connectivity index (χ1v) is 12.2. The van der Waals surface area contributed by atoms with Gasteiger partial charge in [-0.15, -0.1) is 0 Å². The molecule has 5 aromatic rings. The Balaban J connectivity index is 1.70. The zero-order chi connectivity index (χ0) is 23.9. The summed E-state index contributed by atoms with van der Waals surface area (Å²) in [5.74, 6) is -0.0210. The molecule has 3 aliphatic rings. The fourth-order valence-electron chi connectivity index (χ4n) is 7.26. The molecule has 8 rings (SSSR count). The Kier molecular flexibility index (Phi) is 3.43. The molecule has 0 saturated carbocycles. The zero-order valence-corrected chi connectivity index (χ0v) is 19.9. The third-order valence-corrected chi connectivity index (χ3v) is 8.55. The number of ether oxygens (including phenoxy) is 1. The van der Waals surface area contributed by atoms with Gasteiger partial charge >= 0.3 is 0 Å². The van der Waals surface area contributed by atoms with Crippen LogP contribution in [0.5, 0.6) is 0 Å². The number of likely N-dealkylation sites (N-methyl/N-ethyl adjacent to an activating group) is 1. The summed E-state index contributed by atoms with van der Waals surface area (Å²) in [5.41, 5.74) is 3.78. The lowest BCUT2D eigenvalue weighted by Crippen LogP contribution is -2.55. The Morgan fingerprint density at radius 3 is 2.49 bits per heavy atom. The SMILES string of the molecule is CN(C)C[C@]1(O)C[C@@H]2O[C@]1(C)n1c3ccccc3c3c4c(c5c6ccccc6n2c5c31)C(=O)NC4. The van der Waals surface area contributed by atoms with Crippen LogP contribution in [0.25, 0.3) is 43.6 Å². The summed E-state index contributed by atoms with van der Waals surface area (Å²) >= 11 is 0. The highest BCUT2D eigenvalue weighted by Crippen LogP contribution is 2.57. The van der Waals surface area contributed by atoms with Gasteiger partial charge in [0.2, 0.25) is 0 Å². The molecule has 5 heterocycles. The van der Waals surface area contributed by atoms with Gasteiger partial charge in [0.1, 0.15) is 11.8 Å². The van der Waals surface area contributed by atoms with Crippen molar-refractivity contribution in [2.75, 3.05) is 20.6 Å². The van der Waals surface area contributed by atoms with Gasteiger partial charge in [0.25, 0.3) is 5.91 Å². The number of benzene rings is 3. The third kappa shape index (κ3) is 2.09. The van der Waals surface area contributed by atoms with Crippen LogP contribution in [0.2, 0.25) is 0 Å². The van der Waals surface area contributed by atoms with Gasteiger partial charge in [-0.05, 0) is 38.7 Å². The van der Waals surface area contributed by atoms with E-state index >= 15 is 0 Å². The van der Waals surface area contributed by atoms with Crippen molar-refractivity contribution >= 4 is 49.5 Å². The molecule has 2 bridgehead atoms. The van der Waals surface area contributed by atoms with Crippen LogP contribution in [0.4, 0.5) is 0 Å². The van der Waals surface area contributed by atoms with Crippen molar-refractivity contribution in [2.45, 2.75) is 37.4 Å². The number of hydrogen-bond acceptors (Lipinski definition) is 4. The minimum atomic E-state index is -1.13. The summed E-state index contributed by atoms with van der Waals surface area (Å²) in [5, 5.41) is 19.6. The van der Waals surface area contributed by atoms with Gasteiger partial charge in [0.15, 0.2) is 5.72 Å². The predicted molar refractivity (Wildman–Crippen MR) is 136 cm³/mol. The standard InChI is InChI=1S/C28H26N4O3/c1-27-28(34,14-30(2)3)12-20(35-27)31-18-10-6-4-8-15(18)22-23-17(13-29-26(23)33)21-16-9-5-7-11-19(16)32(27)25(21)24(22)31/h4-11,20,34H,12-14H2,1-3H3,(H,29,33)/t20-,27-,28+/m0/s1. The molecular formula is C28H26N4O3. The maximum atomic E-state index is 13.3. The van der Waals surface area contributed by atoms with Crippen molar-refractivity contribution in [2.24, 2.45) is 0 Å². The van der Waals surface area contributed by atoms with E-state index < -0.39 is 11.3 Å². The summed E-state index contributed by atoms with van der Waals surface area (Å²) < 4.78 is 11.4. The van der Waals surface area contributed by atoms with Crippen molar-refractivity contribution in [3.8, 4) is 0 Å². The van der Waals surface area contributed by atoms with Crippen LogP contribution in [0.3, 0.4) is 0 Å². The fraction of sp³-hybridized carbons (Fsp3) is 0.321. The van der Waals surface area contributed by atoms with Gasteiger partial charge in [0, 0.05) is 41.1 Å². The molecule has 3 aromatic carbocycles. The van der Waals surface area contributed by atoms with Crippen LogP contribution < -0.4 is 5.32 Å². The highest BCUT2D eigenvalue weighted by molar-refractivity contribution is 6.31. The summed E-state index contributed by atoms with van der Waals surface area (Å²) in [4.78, 5) is 15.3. The highest BCUT2D eigenvalue weighted by atomic mass is 16.6. The number of carbonyl (C=O) groups excluding carboxylic acids is 1. The van der Waals surface area contributed by atoms with E-state index in [1.807, 2.05) is 50.2 Å². The van der Waals surface area contributed by atoms with Crippen molar-refractivity contribution in [3.05, 3.63) is 59.7 Å². The van der Waals surface area contributed by atoms with Crippen LogP contribution >= 0.6 is 0 Å². The van der Waals surface area contributed by atoms with Gasteiger partial charge < -0.3 is 29.2 Å². The smallest absolute Gasteiger partial charge is 0.252 e. The number of hydrogen-bond donors (Lipinski definition) is 2. The maximum absolute atomic E-state index is 13.3. The average Bonchev–Trinajstić information content (AvgIpc) is 3.50. The number of aliphatic hydroxyl groups is 1. The Morgan fingerprint density at radius 1 is 1.06 bits per heavy atom. The lowest BCUT2D eigenvalue weighted by molar-refractivity contribution is -0.181. The number of para-hydroxylation sites is 2. The van der Waals surface area contributed by atoms with E-state index in [9.17, 15) is 9.90 Å². The van der Waals surface area contributed by atoms with Gasteiger partial charge in [-0.25, -0.2) is 0 Å². The molecule has 0 aliphatic carbocycles. The summed E-state index contributed by atoms with van der Waals surface area (Å²) in [6, 6.07) is 16.6. The van der Waals surface area contributed by atoms with E-state index in [1.165, 1.54) is 0 Å². The molecule has 1 amide bonds. The topological polar surface area (TPSA) is 71.7 Å². The molecule has 7 nitrogen and oxygen atoms in total. The molecule has 1 saturated heterocycles. The third-order valence-electron chi connectivity index (χ3n) is 8.55. The average molecular weight is 467 g/mol. The van der Waals surface area contributed by atoms with E-state index in [0.717, 1.165) is 54.7 Å². The molecule has 0 spiro atoms. The Bertz CT molecular complexity index is 1780. The Labute approximate surface area is 201 Å². The summed E-state index contributed by atoms with van der Waals surface area (Å²) in [6.07, 6.45) is 0.0864. The van der Waals surface area contributed by atoms with E-state index in [-0.39, 0.29) is 12.1 Å². The molecule has 7 heteroatoms. The van der Waals surface area contributed by atoms with E-state index in [0.29, 0.717) is 19.5 Å². The molecular weight excluding hydrogens is 440 g/mol. The normalized spacial score (nSPS) is 27.1. The molecule has 0 radical (unpaired) electrons. The van der Waals surface area contributed by atoms with Crippen LogP contribution in [-0.2, 0) is 17.0 Å². The van der Waals surface area contributed by atoms with Gasteiger partial charge in [-0.1, -0.05) is 36.4 Å². The number of rotatable bonds is 2. The fourth-order valence-corrected chi connectivity index (χ4v) is 7.26. The molecule has 0 unspecified atom stereocenters. The van der Waals surface area contributed by atoms with Gasteiger partial charge in [-0.2, -0.15) is 0 Å². The molecule has 3 aliphatic heterocycles. The van der Waals surface area contributed by atoms with E-state index in [1.54, 1.807) is 0 Å². The summed E-state index contributed by atoms with van der Waals surface area (Å²) in [6.45, 7) is 2.99. The first-order valence-electron chi connectivity index (χ1n) is 12.2. The first-order chi connectivity index (χ1) is 16.8. The van der Waals surface area contributed by atoms with Crippen LogP contribution in [0, 0.1) is 0 Å². The highest BCUT2D eigenvalue weighted by Gasteiger charge is 2.61. The second-order valence-corrected chi connectivity index (χ2v) is 10.8. The number of nitrogens with one attached hydrogen (secondary N) is 1. The maximum Gasteiger partial charge on any atom is 0.252 e. The van der Waals surface area contributed by atoms with Crippen molar-refractivity contribution < 1.29 is 14.6 Å². The predicted octanol–water partition coefficient (Wildman–Crippen LogP) is 4.04. The molecule has 1 fully saturated rings. The van der Waals surface area contributed by atoms with Gasteiger partial charge in [0.05, 0.1) is 27.6 Å². The summed E-state index contributed by atoms with van der Waals surface area (Å²) in [7, 11) is 3.98. The van der Waals surface area contributed by atoms with Crippen LogP contribution in [-0.4, -0.2) is 51.3 Å². The van der Waals surface area contributed by atoms with Gasteiger partial charge in [-0.3, -0.25) is 4.79 Å². The molecule has 2 N–H and O–H groups in total. The second kappa shape index (κ2) is 6.05. The minimum absolute atomic E-state index is 0.0210. The number of fused-ring (bicyclic) bond motifs is 13. The van der Waals surface area contributed by atoms with Crippen molar-refractivity contribution in [1.29, 1.82) is 0 Å². The molecule has 35 heavy (non-hydrogen) atoms. The number of amides is 1. The lowest BCUT2D eigenvalue weighted by atomic mass is 9.88. The Hall–Kier alpha value is -3.39. The van der Waals surface area contributed by atoms with Crippen molar-refractivity contribution in [1.82, 2.24) is 19.4 Å². The minimum Gasteiger partial charge on any atom is -0.383 e. The largest absolute Gasteiger partial charge is 0.383 e. The van der Waals surface area contributed by atoms with Crippen molar-refractivity contribution in [3.63, 3.8) is 0 Å². The Morgan fingerprint density at radius 2 is 1.74 bits per heavy atom. The number of aromatic nitrogens is 2. The van der Waals surface area contributed by atoms with Crippen LogP contribution in [0.1, 0.15) is 35.5 Å². The monoisotopic (exact) mass is 466 g/mol. The molecule has 2 aromatic heterocycles. The molecule has 3 atom stereocenters. The quantitative estimate of drug-likeness (QED) is 0.412. The van der Waals surface area contributed by atoms with E-state index in [2.05, 4.69) is 38.7 Å². The zero-order valence-electron chi connectivity index (χ0n) is 19.9. The second-order valence-electron chi connectivity index (χ2n) is 10.8. The number of nitrogens with zero attached hydrogens (tertiary/aromatic N) is 3. The lowest BCUT2D eigenvalue weighted by Gasteiger charge is -2.41. The molecule has 176 valence electrons. The van der Waals surface area contributed by atoms with E-state index in [4.69, 9.17) is 4.74 Å².